The molecule has 2 saturated heterocycles. The molecule has 21 heavy (non-hydrogen) atoms. The smallest absolute Gasteiger partial charge is 0.0121 e. The molecule has 0 aliphatic carbocycles. The molecule has 128 valence electrons. The van der Waals surface area contributed by atoms with E-state index in [-0.39, 0.29) is 0 Å². The molecule has 0 N–H and O–H groups in total. The third-order valence-electron chi connectivity index (χ3n) is 4.60. The lowest BCUT2D eigenvalue weighted by molar-refractivity contribution is 0.0495. The fourth-order valence-corrected chi connectivity index (χ4v) is 3.22. The van der Waals surface area contributed by atoms with Crippen molar-refractivity contribution in [3.8, 4) is 0 Å². The van der Waals surface area contributed by atoms with Crippen LogP contribution in [0, 0.1) is 0 Å². The van der Waals surface area contributed by atoms with E-state index in [1.54, 1.807) is 0 Å². The van der Waals surface area contributed by atoms with E-state index in [2.05, 4.69) is 35.5 Å². The van der Waals surface area contributed by atoms with Crippen molar-refractivity contribution < 1.29 is 0 Å². The number of likely N-dealkylation sites (tertiary alicyclic amines) is 1. The summed E-state index contributed by atoms with van der Waals surface area (Å²) in [6, 6.07) is 1.59. The van der Waals surface area contributed by atoms with Crippen molar-refractivity contribution in [1.82, 2.24) is 14.7 Å². The summed E-state index contributed by atoms with van der Waals surface area (Å²) >= 11 is 0. The normalized spacial score (nSPS) is 22.3. The highest BCUT2D eigenvalue weighted by Crippen LogP contribution is 2.18. The largest absolute Gasteiger partial charge is 0.303 e. The summed E-state index contributed by atoms with van der Waals surface area (Å²) in [6.07, 6.45) is 2.77. The van der Waals surface area contributed by atoms with E-state index in [4.69, 9.17) is 0 Å². The van der Waals surface area contributed by atoms with Gasteiger partial charge in [0.1, 0.15) is 0 Å². The Labute approximate surface area is 134 Å². The fourth-order valence-electron chi connectivity index (χ4n) is 3.22. The Morgan fingerprint density at radius 3 is 1.67 bits per heavy atom. The SMILES string of the molecule is CC.CC.CCN1CCC(N2CCN(C(C)C)CC2)CC1. The van der Waals surface area contributed by atoms with Crippen molar-refractivity contribution in [2.24, 2.45) is 0 Å². The number of hydrogen-bond donors (Lipinski definition) is 0. The van der Waals surface area contributed by atoms with Gasteiger partial charge in [0, 0.05) is 38.3 Å². The summed E-state index contributed by atoms with van der Waals surface area (Å²) in [5.41, 5.74) is 0. The van der Waals surface area contributed by atoms with Crippen molar-refractivity contribution in [2.45, 2.75) is 73.4 Å². The van der Waals surface area contributed by atoms with Crippen molar-refractivity contribution in [1.29, 1.82) is 0 Å². The Hall–Kier alpha value is -0.120. The lowest BCUT2D eigenvalue weighted by Crippen LogP contribution is -2.54. The van der Waals surface area contributed by atoms with Gasteiger partial charge in [0.25, 0.3) is 0 Å². The lowest BCUT2D eigenvalue weighted by Gasteiger charge is -2.43. The highest BCUT2D eigenvalue weighted by molar-refractivity contribution is 4.83. The minimum atomic E-state index is 0.721. The Morgan fingerprint density at radius 1 is 0.810 bits per heavy atom. The molecule has 0 atom stereocenters. The van der Waals surface area contributed by atoms with E-state index in [0.29, 0.717) is 0 Å². The molecule has 0 aromatic carbocycles. The van der Waals surface area contributed by atoms with Gasteiger partial charge >= 0.3 is 0 Å². The first-order chi connectivity index (χ1) is 10.2. The number of hydrogen-bond acceptors (Lipinski definition) is 3. The summed E-state index contributed by atoms with van der Waals surface area (Å²) < 4.78 is 0. The highest BCUT2D eigenvalue weighted by Gasteiger charge is 2.27. The molecular weight excluding hydrogens is 258 g/mol. The van der Waals surface area contributed by atoms with Crippen LogP contribution in [0.2, 0.25) is 0 Å². The van der Waals surface area contributed by atoms with E-state index in [0.717, 1.165) is 12.1 Å². The van der Waals surface area contributed by atoms with Crippen LogP contribution in [0.4, 0.5) is 0 Å². The second-order valence-corrected chi connectivity index (χ2v) is 5.83. The van der Waals surface area contributed by atoms with Gasteiger partial charge in [-0.05, 0) is 46.3 Å². The maximum Gasteiger partial charge on any atom is 0.0121 e. The highest BCUT2D eigenvalue weighted by atomic mass is 15.3. The van der Waals surface area contributed by atoms with Crippen LogP contribution in [0.25, 0.3) is 0 Å². The van der Waals surface area contributed by atoms with Gasteiger partial charge in [0.15, 0.2) is 0 Å². The zero-order valence-corrected chi connectivity index (χ0v) is 15.9. The third-order valence-corrected chi connectivity index (χ3v) is 4.60. The zero-order chi connectivity index (χ0) is 16.3. The molecular formula is C18H41N3. The standard InChI is InChI=1S/C14H29N3.2C2H6/c1-4-15-7-5-14(6-8-15)17-11-9-16(10-12-17)13(2)3;2*1-2/h13-14H,4-12H2,1-3H3;2*1-2H3. The van der Waals surface area contributed by atoms with E-state index >= 15 is 0 Å². The van der Waals surface area contributed by atoms with Crippen LogP contribution in [0.15, 0.2) is 0 Å². The molecule has 0 radical (unpaired) electrons. The van der Waals surface area contributed by atoms with Gasteiger partial charge in [-0.3, -0.25) is 9.80 Å². The van der Waals surface area contributed by atoms with Gasteiger partial charge in [-0.1, -0.05) is 34.6 Å². The quantitative estimate of drug-likeness (QED) is 0.789. The average Bonchev–Trinajstić information content (AvgIpc) is 2.58. The molecule has 0 amide bonds. The summed E-state index contributed by atoms with van der Waals surface area (Å²) in [5.74, 6) is 0. The lowest BCUT2D eigenvalue weighted by atomic mass is 10.0. The van der Waals surface area contributed by atoms with Crippen molar-refractivity contribution >= 4 is 0 Å². The van der Waals surface area contributed by atoms with Crippen molar-refractivity contribution in [3.63, 3.8) is 0 Å². The molecule has 2 fully saturated rings. The predicted molar refractivity (Wildman–Crippen MR) is 96.1 cm³/mol. The van der Waals surface area contributed by atoms with Crippen LogP contribution in [-0.4, -0.2) is 72.6 Å². The molecule has 2 aliphatic rings. The number of nitrogens with zero attached hydrogens (tertiary/aromatic N) is 3. The minimum absolute atomic E-state index is 0.721. The molecule has 3 heteroatoms. The molecule has 2 aliphatic heterocycles. The summed E-state index contributed by atoms with van der Waals surface area (Å²) in [4.78, 5) is 7.93. The fraction of sp³-hybridized carbons (Fsp3) is 1.00. The molecule has 2 heterocycles. The first-order valence-corrected chi connectivity index (χ1v) is 9.41. The Balaban J connectivity index is 0.000000921. The first-order valence-electron chi connectivity index (χ1n) is 9.41. The maximum atomic E-state index is 2.74. The Bertz CT molecular complexity index is 215. The molecule has 0 unspecified atom stereocenters. The molecule has 3 nitrogen and oxygen atoms in total. The van der Waals surface area contributed by atoms with Crippen LogP contribution >= 0.6 is 0 Å². The molecule has 0 spiro atoms. The third kappa shape index (κ3) is 7.12. The predicted octanol–water partition coefficient (Wildman–Crippen LogP) is 3.55. The summed E-state index contributed by atoms with van der Waals surface area (Å²) in [7, 11) is 0. The maximum absolute atomic E-state index is 2.74. The van der Waals surface area contributed by atoms with Gasteiger partial charge in [-0.2, -0.15) is 0 Å². The Kier molecular flexibility index (Phi) is 12.4. The van der Waals surface area contributed by atoms with Gasteiger partial charge in [-0.25, -0.2) is 0 Å². The number of piperidine rings is 1. The summed E-state index contributed by atoms with van der Waals surface area (Å²) in [5, 5.41) is 0. The van der Waals surface area contributed by atoms with Crippen LogP contribution in [-0.2, 0) is 0 Å². The van der Waals surface area contributed by atoms with E-state index in [1.165, 1.54) is 58.7 Å². The van der Waals surface area contributed by atoms with E-state index in [9.17, 15) is 0 Å². The molecule has 2 rings (SSSR count). The zero-order valence-electron chi connectivity index (χ0n) is 15.9. The molecule has 0 bridgehead atoms. The second-order valence-electron chi connectivity index (χ2n) is 5.83. The number of piperazine rings is 1. The van der Waals surface area contributed by atoms with E-state index < -0.39 is 0 Å². The molecule has 0 aromatic rings. The van der Waals surface area contributed by atoms with Crippen LogP contribution < -0.4 is 0 Å². The van der Waals surface area contributed by atoms with Crippen LogP contribution in [0.1, 0.15) is 61.3 Å². The van der Waals surface area contributed by atoms with Crippen LogP contribution in [0.5, 0.6) is 0 Å². The van der Waals surface area contributed by atoms with Crippen molar-refractivity contribution in [2.75, 3.05) is 45.8 Å². The topological polar surface area (TPSA) is 9.72 Å². The van der Waals surface area contributed by atoms with Gasteiger partial charge < -0.3 is 4.90 Å². The summed E-state index contributed by atoms with van der Waals surface area (Å²) in [6.45, 7) is 23.9. The monoisotopic (exact) mass is 299 g/mol. The molecule has 0 saturated carbocycles. The Morgan fingerprint density at radius 2 is 1.29 bits per heavy atom. The molecule has 0 aromatic heterocycles. The first kappa shape index (κ1) is 20.9. The van der Waals surface area contributed by atoms with Crippen molar-refractivity contribution in [3.05, 3.63) is 0 Å². The average molecular weight is 300 g/mol. The number of rotatable bonds is 3. The van der Waals surface area contributed by atoms with Gasteiger partial charge in [0.05, 0.1) is 0 Å². The van der Waals surface area contributed by atoms with Crippen LogP contribution in [0.3, 0.4) is 0 Å². The van der Waals surface area contributed by atoms with E-state index in [1.807, 2.05) is 27.7 Å². The van der Waals surface area contributed by atoms with Gasteiger partial charge in [0.2, 0.25) is 0 Å². The minimum Gasteiger partial charge on any atom is -0.303 e. The van der Waals surface area contributed by atoms with Gasteiger partial charge in [-0.15, -0.1) is 0 Å². The second kappa shape index (κ2) is 12.4.